The summed E-state index contributed by atoms with van der Waals surface area (Å²) in [5.41, 5.74) is -1.40. The average molecular weight is 305 g/mol. The average Bonchev–Trinajstić information content (AvgIpc) is 2.28. The molecule has 0 aromatic carbocycles. The number of nitrogens with zero attached hydrogens (tertiary/aromatic N) is 2. The first-order valence-electron chi connectivity index (χ1n) is 4.56. The number of pyridine rings is 1. The third-order valence-corrected chi connectivity index (χ3v) is 2.49. The number of hydrogen-bond donors (Lipinski definition) is 0. The number of ether oxygens (including phenoxy) is 1. The maximum atomic E-state index is 12.8. The number of carbonyl (C=O) groups is 1. The highest BCUT2D eigenvalue weighted by Gasteiger charge is 2.26. The van der Waals surface area contributed by atoms with Crippen LogP contribution >= 0.6 is 15.9 Å². The van der Waals surface area contributed by atoms with E-state index in [4.69, 9.17) is 5.26 Å². The van der Waals surface area contributed by atoms with Crippen LogP contribution in [0.4, 0.5) is 8.78 Å². The van der Waals surface area contributed by atoms with Crippen molar-refractivity contribution in [3.05, 3.63) is 27.5 Å². The van der Waals surface area contributed by atoms with Crippen LogP contribution in [0.5, 0.6) is 0 Å². The topological polar surface area (TPSA) is 63.0 Å². The van der Waals surface area contributed by atoms with E-state index in [1.807, 2.05) is 0 Å². The van der Waals surface area contributed by atoms with Crippen molar-refractivity contribution in [3.63, 3.8) is 0 Å². The molecule has 0 aliphatic carbocycles. The Morgan fingerprint density at radius 1 is 1.71 bits per heavy atom. The molecule has 90 valence electrons. The highest BCUT2D eigenvalue weighted by Crippen LogP contribution is 2.30. The van der Waals surface area contributed by atoms with E-state index in [9.17, 15) is 13.6 Å². The van der Waals surface area contributed by atoms with Crippen molar-refractivity contribution < 1.29 is 18.3 Å². The van der Waals surface area contributed by atoms with Crippen molar-refractivity contribution in [2.45, 2.75) is 13.3 Å². The smallest absolute Gasteiger partial charge is 0.341 e. The lowest BCUT2D eigenvalue weighted by molar-refractivity contribution is 0.0513. The van der Waals surface area contributed by atoms with Gasteiger partial charge in [-0.1, -0.05) is 0 Å². The summed E-state index contributed by atoms with van der Waals surface area (Å²) in [7, 11) is 0. The van der Waals surface area contributed by atoms with E-state index in [1.165, 1.54) is 0 Å². The van der Waals surface area contributed by atoms with Gasteiger partial charge in [-0.05, 0) is 22.9 Å². The lowest BCUT2D eigenvalue weighted by Gasteiger charge is -2.10. The third-order valence-electron chi connectivity index (χ3n) is 1.89. The van der Waals surface area contributed by atoms with Gasteiger partial charge in [-0.2, -0.15) is 5.26 Å². The van der Waals surface area contributed by atoms with Gasteiger partial charge in [-0.3, -0.25) is 0 Å². The van der Waals surface area contributed by atoms with Crippen LogP contribution in [-0.4, -0.2) is 17.6 Å². The number of nitriles is 1. The molecule has 0 saturated carbocycles. The van der Waals surface area contributed by atoms with Crippen LogP contribution in [0.1, 0.15) is 34.8 Å². The Labute approximate surface area is 104 Å². The van der Waals surface area contributed by atoms with Crippen molar-refractivity contribution in [2.75, 3.05) is 6.61 Å². The van der Waals surface area contributed by atoms with Crippen LogP contribution in [0.2, 0.25) is 0 Å². The molecule has 0 radical (unpaired) electrons. The molecular weight excluding hydrogens is 298 g/mol. The van der Waals surface area contributed by atoms with Crippen molar-refractivity contribution in [3.8, 4) is 6.07 Å². The molecule has 7 heteroatoms. The fourth-order valence-corrected chi connectivity index (χ4v) is 1.69. The Morgan fingerprint density at radius 3 is 2.82 bits per heavy atom. The lowest BCUT2D eigenvalue weighted by atomic mass is 10.1. The zero-order valence-corrected chi connectivity index (χ0v) is 10.3. The van der Waals surface area contributed by atoms with Gasteiger partial charge in [0.1, 0.15) is 16.2 Å². The van der Waals surface area contributed by atoms with Gasteiger partial charge in [0.05, 0.1) is 17.7 Å². The molecular formula is C10H7BrF2N2O2. The number of carbonyl (C=O) groups excluding carboxylic acids is 1. The first-order valence-corrected chi connectivity index (χ1v) is 5.36. The zero-order valence-electron chi connectivity index (χ0n) is 8.71. The molecule has 0 saturated heterocycles. The summed E-state index contributed by atoms with van der Waals surface area (Å²) in [5, 5.41) is 8.70. The first-order chi connectivity index (χ1) is 8.02. The molecule has 0 spiro atoms. The van der Waals surface area contributed by atoms with E-state index in [1.54, 1.807) is 13.0 Å². The maximum absolute atomic E-state index is 12.8. The molecule has 0 bridgehead atoms. The van der Waals surface area contributed by atoms with E-state index in [0.717, 1.165) is 6.20 Å². The Kier molecular flexibility index (Phi) is 4.52. The van der Waals surface area contributed by atoms with Gasteiger partial charge >= 0.3 is 5.97 Å². The lowest BCUT2D eigenvalue weighted by Crippen LogP contribution is -2.12. The summed E-state index contributed by atoms with van der Waals surface area (Å²) in [5.74, 6) is -0.931. The normalized spacial score (nSPS) is 10.1. The highest BCUT2D eigenvalue weighted by atomic mass is 79.9. The number of halogens is 3. The fraction of sp³-hybridized carbons (Fsp3) is 0.300. The number of rotatable bonds is 3. The van der Waals surface area contributed by atoms with E-state index in [0.29, 0.717) is 0 Å². The summed E-state index contributed by atoms with van der Waals surface area (Å²) in [6.45, 7) is 1.60. The second-order valence-electron chi connectivity index (χ2n) is 2.88. The fourth-order valence-electron chi connectivity index (χ4n) is 1.21. The van der Waals surface area contributed by atoms with Crippen LogP contribution in [0.3, 0.4) is 0 Å². The minimum atomic E-state index is -2.96. The monoisotopic (exact) mass is 304 g/mol. The number of hydrogen-bond acceptors (Lipinski definition) is 4. The van der Waals surface area contributed by atoms with Gasteiger partial charge < -0.3 is 4.74 Å². The van der Waals surface area contributed by atoms with Crippen LogP contribution < -0.4 is 0 Å². The number of aromatic nitrogens is 1. The van der Waals surface area contributed by atoms with Crippen molar-refractivity contribution in [1.29, 1.82) is 5.26 Å². The Morgan fingerprint density at radius 2 is 2.35 bits per heavy atom. The molecule has 0 aliphatic heterocycles. The number of alkyl halides is 2. The van der Waals surface area contributed by atoms with Crippen LogP contribution in [-0.2, 0) is 4.74 Å². The van der Waals surface area contributed by atoms with E-state index >= 15 is 0 Å². The Hall–Kier alpha value is -1.55. The SMILES string of the molecule is CCOC(=O)c1c(Br)ncc(C#N)c1C(F)F. The second kappa shape index (κ2) is 5.68. The zero-order chi connectivity index (χ0) is 13.0. The van der Waals surface area contributed by atoms with Crippen LogP contribution in [0, 0.1) is 11.3 Å². The molecule has 4 nitrogen and oxygen atoms in total. The van der Waals surface area contributed by atoms with Crippen LogP contribution in [0.15, 0.2) is 10.8 Å². The maximum Gasteiger partial charge on any atom is 0.341 e. The minimum Gasteiger partial charge on any atom is -0.462 e. The summed E-state index contributed by atoms with van der Waals surface area (Å²) in [6, 6.07) is 1.57. The van der Waals surface area contributed by atoms with Gasteiger partial charge in [0.25, 0.3) is 6.43 Å². The molecule has 0 fully saturated rings. The van der Waals surface area contributed by atoms with E-state index in [-0.39, 0.29) is 16.8 Å². The van der Waals surface area contributed by atoms with Crippen molar-refractivity contribution in [1.82, 2.24) is 4.98 Å². The van der Waals surface area contributed by atoms with Gasteiger partial charge in [0, 0.05) is 6.20 Å². The minimum absolute atomic E-state index is 0.0464. The predicted octanol–water partition coefficient (Wildman–Crippen LogP) is 2.83. The van der Waals surface area contributed by atoms with Gasteiger partial charge in [-0.15, -0.1) is 0 Å². The summed E-state index contributed by atoms with van der Waals surface area (Å²) >= 11 is 2.89. The first kappa shape index (κ1) is 13.5. The number of esters is 1. The second-order valence-corrected chi connectivity index (χ2v) is 3.64. The Bertz CT molecular complexity index is 486. The highest BCUT2D eigenvalue weighted by molar-refractivity contribution is 9.10. The van der Waals surface area contributed by atoms with Crippen molar-refractivity contribution >= 4 is 21.9 Å². The van der Waals surface area contributed by atoms with Gasteiger partial charge in [-0.25, -0.2) is 18.6 Å². The predicted molar refractivity (Wildman–Crippen MR) is 57.6 cm³/mol. The molecule has 1 aromatic heterocycles. The summed E-state index contributed by atoms with van der Waals surface area (Å²) in [6.07, 6.45) is -1.97. The molecule has 1 rings (SSSR count). The molecule has 17 heavy (non-hydrogen) atoms. The molecule has 0 atom stereocenters. The quantitative estimate of drug-likeness (QED) is 0.636. The molecule has 1 heterocycles. The van der Waals surface area contributed by atoms with E-state index in [2.05, 4.69) is 25.7 Å². The molecule has 1 aromatic rings. The van der Waals surface area contributed by atoms with E-state index < -0.39 is 23.5 Å². The van der Waals surface area contributed by atoms with Crippen molar-refractivity contribution in [2.24, 2.45) is 0 Å². The molecule has 0 unspecified atom stereocenters. The largest absolute Gasteiger partial charge is 0.462 e. The molecule has 0 aliphatic rings. The molecule has 0 N–H and O–H groups in total. The Balaban J connectivity index is 3.45. The third kappa shape index (κ3) is 2.77. The standard InChI is InChI=1S/C10H7BrF2N2O2/c1-2-17-10(16)7-6(9(12)13)5(3-14)4-15-8(7)11/h4,9H,2H2,1H3. The van der Waals surface area contributed by atoms with Crippen LogP contribution in [0.25, 0.3) is 0 Å². The summed E-state index contributed by atoms with van der Waals surface area (Å²) in [4.78, 5) is 15.2. The van der Waals surface area contributed by atoms with Gasteiger partial charge in [0.15, 0.2) is 0 Å². The van der Waals surface area contributed by atoms with Gasteiger partial charge in [0.2, 0.25) is 0 Å². The summed E-state index contributed by atoms with van der Waals surface area (Å²) < 4.78 is 30.3. The molecule has 0 amide bonds.